The molecule has 1 heterocycles. The lowest BCUT2D eigenvalue weighted by Crippen LogP contribution is -2.04. The maximum atomic E-state index is 4.52. The molecule has 0 N–H and O–H groups in total. The Balaban J connectivity index is 2.55. The number of aromatic nitrogens is 2. The first-order valence-corrected chi connectivity index (χ1v) is 6.19. The fraction of sp³-hybridized carbons (Fsp3) is 0.308. The molecule has 2 aromatic rings. The Morgan fingerprint density at radius 2 is 2.00 bits per heavy atom. The highest BCUT2D eigenvalue weighted by molar-refractivity contribution is 9.10. The number of nitrogens with zero attached hydrogens (tertiary/aromatic N) is 2. The summed E-state index contributed by atoms with van der Waals surface area (Å²) in [6, 6.07) is 10.8. The van der Waals surface area contributed by atoms with Gasteiger partial charge in [0.05, 0.1) is 11.4 Å². The molecule has 0 aliphatic rings. The molecule has 1 aromatic heterocycles. The lowest BCUT2D eigenvalue weighted by Gasteiger charge is -2.11. The Kier molecular flexibility index (Phi) is 3.15. The van der Waals surface area contributed by atoms with Gasteiger partial charge in [-0.2, -0.15) is 5.10 Å². The minimum atomic E-state index is 0.377. The fourth-order valence-electron chi connectivity index (χ4n) is 1.77. The minimum absolute atomic E-state index is 0.377. The molecule has 0 aliphatic heterocycles. The third-order valence-corrected chi connectivity index (χ3v) is 2.96. The molecule has 1 aromatic carbocycles. The van der Waals surface area contributed by atoms with Gasteiger partial charge in [0.1, 0.15) is 0 Å². The van der Waals surface area contributed by atoms with E-state index in [1.165, 1.54) is 11.3 Å². The molecule has 0 aliphatic carbocycles. The van der Waals surface area contributed by atoms with E-state index in [-0.39, 0.29) is 0 Å². The number of halogens is 1. The van der Waals surface area contributed by atoms with Gasteiger partial charge in [0.25, 0.3) is 0 Å². The second-order valence-electron chi connectivity index (χ2n) is 4.22. The Morgan fingerprint density at radius 1 is 1.25 bits per heavy atom. The van der Waals surface area contributed by atoms with Crippen LogP contribution in [0.2, 0.25) is 0 Å². The Hall–Kier alpha value is -1.09. The molecule has 0 saturated heterocycles. The van der Waals surface area contributed by atoms with Crippen LogP contribution < -0.4 is 0 Å². The Labute approximate surface area is 104 Å². The number of hydrogen-bond donors (Lipinski definition) is 0. The number of rotatable bonds is 2. The first-order valence-electron chi connectivity index (χ1n) is 5.40. The predicted molar refractivity (Wildman–Crippen MR) is 70.5 cm³/mol. The highest BCUT2D eigenvalue weighted by Gasteiger charge is 2.10. The van der Waals surface area contributed by atoms with E-state index < -0.39 is 0 Å². The molecule has 0 saturated carbocycles. The van der Waals surface area contributed by atoms with Gasteiger partial charge in [-0.15, -0.1) is 0 Å². The lowest BCUT2D eigenvalue weighted by molar-refractivity contribution is 0.535. The number of benzene rings is 1. The molecular formula is C13H15BrN2. The van der Waals surface area contributed by atoms with Crippen molar-refractivity contribution in [2.45, 2.75) is 26.8 Å². The molecule has 2 rings (SSSR count). The van der Waals surface area contributed by atoms with Crippen molar-refractivity contribution < 1.29 is 0 Å². The summed E-state index contributed by atoms with van der Waals surface area (Å²) >= 11 is 3.50. The van der Waals surface area contributed by atoms with Gasteiger partial charge < -0.3 is 0 Å². The van der Waals surface area contributed by atoms with Gasteiger partial charge in [0.2, 0.25) is 0 Å². The summed E-state index contributed by atoms with van der Waals surface area (Å²) in [5, 5.41) is 4.52. The smallest absolute Gasteiger partial charge is 0.0688 e. The standard InChI is InChI=1S/C13H15BrN2/c1-9(2)16-13(7-10(3)15-16)11-5-4-6-12(14)8-11/h4-9H,1-3H3. The largest absolute Gasteiger partial charge is 0.262 e. The SMILES string of the molecule is Cc1cc(-c2cccc(Br)c2)n(C(C)C)n1. The number of aryl methyl sites for hydroxylation is 1. The van der Waals surface area contributed by atoms with E-state index >= 15 is 0 Å². The van der Waals surface area contributed by atoms with Crippen molar-refractivity contribution in [3.8, 4) is 11.3 Å². The molecule has 3 heteroatoms. The molecule has 16 heavy (non-hydrogen) atoms. The van der Waals surface area contributed by atoms with Gasteiger partial charge in [-0.1, -0.05) is 28.1 Å². The van der Waals surface area contributed by atoms with Crippen molar-refractivity contribution in [2.24, 2.45) is 0 Å². The summed E-state index contributed by atoms with van der Waals surface area (Å²) in [5.74, 6) is 0. The van der Waals surface area contributed by atoms with Crippen LogP contribution in [0.1, 0.15) is 25.6 Å². The second kappa shape index (κ2) is 4.42. The molecule has 0 fully saturated rings. The zero-order chi connectivity index (χ0) is 11.7. The van der Waals surface area contributed by atoms with Crippen molar-refractivity contribution >= 4 is 15.9 Å². The molecule has 84 valence electrons. The maximum Gasteiger partial charge on any atom is 0.0688 e. The topological polar surface area (TPSA) is 17.8 Å². The first kappa shape index (κ1) is 11.4. The van der Waals surface area contributed by atoms with Crippen molar-refractivity contribution in [1.29, 1.82) is 0 Å². The summed E-state index contributed by atoms with van der Waals surface area (Å²) < 4.78 is 3.16. The molecule has 0 spiro atoms. The van der Waals surface area contributed by atoms with Gasteiger partial charge >= 0.3 is 0 Å². The third-order valence-electron chi connectivity index (χ3n) is 2.47. The summed E-state index contributed by atoms with van der Waals surface area (Å²) in [4.78, 5) is 0. The highest BCUT2D eigenvalue weighted by Crippen LogP contribution is 2.25. The molecule has 0 bridgehead atoms. The average molecular weight is 279 g/mol. The minimum Gasteiger partial charge on any atom is -0.262 e. The van der Waals surface area contributed by atoms with Crippen molar-refractivity contribution in [3.63, 3.8) is 0 Å². The van der Waals surface area contributed by atoms with E-state index in [0.717, 1.165) is 10.2 Å². The van der Waals surface area contributed by atoms with Crippen LogP contribution in [0, 0.1) is 6.92 Å². The molecule has 0 unspecified atom stereocenters. The van der Waals surface area contributed by atoms with E-state index in [2.05, 4.69) is 57.8 Å². The van der Waals surface area contributed by atoms with Gasteiger partial charge in [0, 0.05) is 16.1 Å². The quantitative estimate of drug-likeness (QED) is 0.805. The Bertz CT molecular complexity index is 500. The van der Waals surface area contributed by atoms with Crippen molar-refractivity contribution in [3.05, 3.63) is 40.5 Å². The predicted octanol–water partition coefficient (Wildman–Crippen LogP) is 4.20. The fourth-order valence-corrected chi connectivity index (χ4v) is 2.17. The molecule has 0 radical (unpaired) electrons. The van der Waals surface area contributed by atoms with Crippen LogP contribution in [0.4, 0.5) is 0 Å². The molecular weight excluding hydrogens is 264 g/mol. The third kappa shape index (κ3) is 2.19. The van der Waals surface area contributed by atoms with Gasteiger partial charge in [0.15, 0.2) is 0 Å². The maximum absolute atomic E-state index is 4.52. The van der Waals surface area contributed by atoms with E-state index in [0.29, 0.717) is 6.04 Å². The average Bonchev–Trinajstić information content (AvgIpc) is 2.60. The van der Waals surface area contributed by atoms with Crippen LogP contribution in [-0.4, -0.2) is 9.78 Å². The summed E-state index contributed by atoms with van der Waals surface area (Å²) in [6.07, 6.45) is 0. The summed E-state index contributed by atoms with van der Waals surface area (Å²) in [5.41, 5.74) is 3.43. The monoisotopic (exact) mass is 278 g/mol. The van der Waals surface area contributed by atoms with Crippen LogP contribution in [0.3, 0.4) is 0 Å². The van der Waals surface area contributed by atoms with Crippen LogP contribution in [-0.2, 0) is 0 Å². The van der Waals surface area contributed by atoms with E-state index in [4.69, 9.17) is 0 Å². The zero-order valence-electron chi connectivity index (χ0n) is 9.74. The van der Waals surface area contributed by atoms with E-state index in [1.807, 2.05) is 19.1 Å². The van der Waals surface area contributed by atoms with Gasteiger partial charge in [-0.3, -0.25) is 4.68 Å². The van der Waals surface area contributed by atoms with Crippen LogP contribution in [0.25, 0.3) is 11.3 Å². The highest BCUT2D eigenvalue weighted by atomic mass is 79.9. The normalized spacial score (nSPS) is 11.1. The van der Waals surface area contributed by atoms with E-state index in [9.17, 15) is 0 Å². The van der Waals surface area contributed by atoms with Crippen LogP contribution >= 0.6 is 15.9 Å². The second-order valence-corrected chi connectivity index (χ2v) is 5.14. The van der Waals surface area contributed by atoms with Gasteiger partial charge in [-0.05, 0) is 39.0 Å². The zero-order valence-corrected chi connectivity index (χ0v) is 11.3. The van der Waals surface area contributed by atoms with Gasteiger partial charge in [-0.25, -0.2) is 0 Å². The van der Waals surface area contributed by atoms with Crippen molar-refractivity contribution in [2.75, 3.05) is 0 Å². The lowest BCUT2D eigenvalue weighted by atomic mass is 10.1. The van der Waals surface area contributed by atoms with Crippen molar-refractivity contribution in [1.82, 2.24) is 9.78 Å². The van der Waals surface area contributed by atoms with Crippen LogP contribution in [0.5, 0.6) is 0 Å². The molecule has 0 amide bonds. The van der Waals surface area contributed by atoms with Crippen LogP contribution in [0.15, 0.2) is 34.8 Å². The first-order chi connectivity index (χ1) is 7.58. The Morgan fingerprint density at radius 3 is 2.62 bits per heavy atom. The summed E-state index contributed by atoms with van der Waals surface area (Å²) in [7, 11) is 0. The van der Waals surface area contributed by atoms with E-state index in [1.54, 1.807) is 0 Å². The molecule has 2 nitrogen and oxygen atoms in total. The summed E-state index contributed by atoms with van der Waals surface area (Å²) in [6.45, 7) is 6.32. The molecule has 0 atom stereocenters. The number of hydrogen-bond acceptors (Lipinski definition) is 1.